The third-order valence-corrected chi connectivity index (χ3v) is 6.73. The van der Waals surface area contributed by atoms with E-state index in [1.54, 1.807) is 30.6 Å². The Labute approximate surface area is 200 Å². The van der Waals surface area contributed by atoms with Gasteiger partial charge in [-0.25, -0.2) is 4.98 Å². The fourth-order valence-electron chi connectivity index (χ4n) is 4.20. The lowest BCUT2D eigenvalue weighted by molar-refractivity contribution is -0.117. The highest BCUT2D eigenvalue weighted by Gasteiger charge is 2.45. The molecule has 0 radical (unpaired) electrons. The van der Waals surface area contributed by atoms with Crippen molar-refractivity contribution >= 4 is 44.5 Å². The smallest absolute Gasteiger partial charge is 0.296 e. The van der Waals surface area contributed by atoms with Crippen LogP contribution in [0.1, 0.15) is 28.3 Å². The van der Waals surface area contributed by atoms with Gasteiger partial charge in [0.15, 0.2) is 16.7 Å². The first-order valence-electron chi connectivity index (χ1n) is 10.8. The molecule has 1 amide bonds. The number of hydrogen-bond donors (Lipinski definition) is 1. The van der Waals surface area contributed by atoms with E-state index < -0.39 is 23.5 Å². The van der Waals surface area contributed by atoms with Gasteiger partial charge in [-0.3, -0.25) is 19.5 Å². The van der Waals surface area contributed by atoms with Gasteiger partial charge in [0.25, 0.3) is 5.91 Å². The molecule has 0 fully saturated rings. The van der Waals surface area contributed by atoms with Gasteiger partial charge in [0.2, 0.25) is 0 Å². The average molecular weight is 468 g/mol. The molecule has 0 bridgehead atoms. The van der Waals surface area contributed by atoms with Gasteiger partial charge in [0.1, 0.15) is 0 Å². The minimum Gasteiger partial charge on any atom is -0.503 e. The number of carbonyl (C=O) groups is 2. The Morgan fingerprint density at radius 3 is 2.65 bits per heavy atom. The van der Waals surface area contributed by atoms with Gasteiger partial charge in [0, 0.05) is 12.4 Å². The second-order valence-electron chi connectivity index (χ2n) is 8.16. The Morgan fingerprint density at radius 1 is 1.12 bits per heavy atom. The number of amides is 1. The van der Waals surface area contributed by atoms with Crippen LogP contribution in [0.2, 0.25) is 0 Å². The molecule has 0 saturated carbocycles. The van der Waals surface area contributed by atoms with Crippen LogP contribution in [0.5, 0.6) is 0 Å². The van der Waals surface area contributed by atoms with Crippen LogP contribution in [0, 0.1) is 13.8 Å². The van der Waals surface area contributed by atoms with Crippen LogP contribution in [0.4, 0.5) is 5.13 Å². The van der Waals surface area contributed by atoms with Crippen LogP contribution in [0.25, 0.3) is 16.3 Å². The van der Waals surface area contributed by atoms with Crippen molar-refractivity contribution in [2.45, 2.75) is 19.9 Å². The summed E-state index contributed by atoms with van der Waals surface area (Å²) < 4.78 is 0.938. The zero-order valence-corrected chi connectivity index (χ0v) is 19.4. The summed E-state index contributed by atoms with van der Waals surface area (Å²) in [6.07, 6.45) is 6.27. The number of aromatic nitrogens is 2. The Hall–Kier alpha value is -4.10. The molecule has 2 aromatic heterocycles. The van der Waals surface area contributed by atoms with Crippen LogP contribution in [-0.4, -0.2) is 26.8 Å². The second-order valence-corrected chi connectivity index (χ2v) is 9.17. The average Bonchev–Trinajstić information content (AvgIpc) is 3.37. The van der Waals surface area contributed by atoms with E-state index in [0.717, 1.165) is 26.9 Å². The molecule has 1 unspecified atom stereocenters. The number of pyridine rings is 1. The van der Waals surface area contributed by atoms with Crippen molar-refractivity contribution in [1.82, 2.24) is 9.97 Å². The monoisotopic (exact) mass is 467 g/mol. The summed E-state index contributed by atoms with van der Waals surface area (Å²) in [5, 5.41) is 11.3. The number of carbonyl (C=O) groups excluding carboxylic acids is 2. The van der Waals surface area contributed by atoms with E-state index in [1.807, 2.05) is 56.3 Å². The maximum absolute atomic E-state index is 13.3. The van der Waals surface area contributed by atoms with Crippen molar-refractivity contribution in [1.29, 1.82) is 0 Å². The molecule has 7 heteroatoms. The molecule has 5 rings (SSSR count). The molecule has 34 heavy (non-hydrogen) atoms. The number of aliphatic hydroxyl groups is 1. The number of aliphatic hydroxyl groups excluding tert-OH is 1. The number of thiazole rings is 1. The summed E-state index contributed by atoms with van der Waals surface area (Å²) in [6.45, 7) is 3.98. The molecule has 168 valence electrons. The summed E-state index contributed by atoms with van der Waals surface area (Å²) in [7, 11) is 0. The number of allylic oxidation sites excluding steroid dienone is 1. The maximum atomic E-state index is 13.3. The molecular weight excluding hydrogens is 446 g/mol. The minimum atomic E-state index is -0.837. The third kappa shape index (κ3) is 3.80. The van der Waals surface area contributed by atoms with Crippen molar-refractivity contribution in [2.75, 3.05) is 4.90 Å². The van der Waals surface area contributed by atoms with Crippen molar-refractivity contribution < 1.29 is 14.7 Å². The van der Waals surface area contributed by atoms with Gasteiger partial charge in [-0.2, -0.15) is 0 Å². The Balaban J connectivity index is 1.61. The Kier molecular flexibility index (Phi) is 5.55. The summed E-state index contributed by atoms with van der Waals surface area (Å²) in [4.78, 5) is 36.9. The first-order valence-corrected chi connectivity index (χ1v) is 11.6. The van der Waals surface area contributed by atoms with Gasteiger partial charge in [-0.1, -0.05) is 59.9 Å². The molecule has 1 aliphatic heterocycles. The summed E-state index contributed by atoms with van der Waals surface area (Å²) in [5.74, 6) is -1.67. The van der Waals surface area contributed by atoms with E-state index in [-0.39, 0.29) is 5.57 Å². The highest BCUT2D eigenvalue weighted by atomic mass is 32.1. The summed E-state index contributed by atoms with van der Waals surface area (Å²) in [5.41, 5.74) is 4.36. The minimum absolute atomic E-state index is 0.0114. The van der Waals surface area contributed by atoms with E-state index in [1.165, 1.54) is 22.3 Å². The molecule has 0 aliphatic carbocycles. The number of benzene rings is 2. The molecule has 1 N–H and O–H groups in total. The molecule has 0 spiro atoms. The van der Waals surface area contributed by atoms with Gasteiger partial charge in [-0.15, -0.1) is 0 Å². The quantitative estimate of drug-likeness (QED) is 0.393. The fraction of sp³-hybridized carbons (Fsp3) is 0.111. The molecule has 6 nitrogen and oxygen atoms in total. The van der Waals surface area contributed by atoms with Gasteiger partial charge >= 0.3 is 0 Å². The SMILES string of the molecule is Cc1cc(C)c2nc(N3C(=O)C(O)=C(C(=O)C=Cc4ccccc4)C3c3cccnc3)sc2c1. The summed E-state index contributed by atoms with van der Waals surface area (Å²) >= 11 is 1.36. The van der Waals surface area contributed by atoms with Crippen molar-refractivity contribution in [2.24, 2.45) is 0 Å². The first-order chi connectivity index (χ1) is 16.4. The van der Waals surface area contributed by atoms with E-state index in [9.17, 15) is 14.7 Å². The molecule has 0 saturated heterocycles. The Bertz CT molecular complexity index is 1470. The van der Waals surface area contributed by atoms with Crippen molar-refractivity contribution in [3.05, 3.63) is 107 Å². The number of fused-ring (bicyclic) bond motifs is 1. The van der Waals surface area contributed by atoms with E-state index in [0.29, 0.717) is 10.7 Å². The van der Waals surface area contributed by atoms with Gasteiger partial charge in [-0.05, 0) is 54.3 Å². The van der Waals surface area contributed by atoms with Gasteiger partial charge in [0.05, 0.1) is 21.8 Å². The van der Waals surface area contributed by atoms with Crippen molar-refractivity contribution in [3.63, 3.8) is 0 Å². The predicted molar refractivity (Wildman–Crippen MR) is 134 cm³/mol. The molecule has 2 aromatic carbocycles. The van der Waals surface area contributed by atoms with E-state index in [4.69, 9.17) is 4.98 Å². The van der Waals surface area contributed by atoms with Crippen molar-refractivity contribution in [3.8, 4) is 0 Å². The van der Waals surface area contributed by atoms with E-state index in [2.05, 4.69) is 4.98 Å². The lowest BCUT2D eigenvalue weighted by Crippen LogP contribution is -2.30. The second kappa shape index (κ2) is 8.68. The molecule has 4 aromatic rings. The fourth-order valence-corrected chi connectivity index (χ4v) is 5.36. The molecule has 1 aliphatic rings. The highest BCUT2D eigenvalue weighted by molar-refractivity contribution is 7.22. The number of ketones is 1. The van der Waals surface area contributed by atoms with E-state index >= 15 is 0 Å². The first kappa shape index (κ1) is 21.7. The Morgan fingerprint density at radius 2 is 1.91 bits per heavy atom. The highest BCUT2D eigenvalue weighted by Crippen LogP contribution is 2.43. The predicted octanol–water partition coefficient (Wildman–Crippen LogP) is 5.49. The van der Waals surface area contributed by atoms with Crippen LogP contribution in [-0.2, 0) is 9.59 Å². The zero-order chi connectivity index (χ0) is 23.8. The topological polar surface area (TPSA) is 83.4 Å². The number of anilines is 1. The number of nitrogens with zero attached hydrogens (tertiary/aromatic N) is 3. The van der Waals surface area contributed by atoms with Crippen LogP contribution < -0.4 is 4.90 Å². The number of rotatable bonds is 5. The standard InChI is InChI=1S/C27H21N3O3S/c1-16-13-17(2)23-21(14-16)34-27(29-23)30-24(19-9-6-12-28-15-19)22(25(32)26(30)33)20(31)11-10-18-7-4-3-5-8-18/h3-15,24,32H,1-2H3. The van der Waals surface area contributed by atoms with Crippen LogP contribution in [0.3, 0.4) is 0 Å². The molecule has 1 atom stereocenters. The lowest BCUT2D eigenvalue weighted by atomic mass is 9.97. The third-order valence-electron chi connectivity index (χ3n) is 5.73. The summed E-state index contributed by atoms with van der Waals surface area (Å²) in [6, 6.07) is 16.1. The number of hydrogen-bond acceptors (Lipinski definition) is 6. The lowest BCUT2D eigenvalue weighted by Gasteiger charge is -2.23. The zero-order valence-electron chi connectivity index (χ0n) is 18.6. The maximum Gasteiger partial charge on any atom is 0.296 e. The van der Waals surface area contributed by atoms with Crippen LogP contribution in [0.15, 0.2) is 84.4 Å². The largest absolute Gasteiger partial charge is 0.503 e. The van der Waals surface area contributed by atoms with Gasteiger partial charge < -0.3 is 5.11 Å². The van der Waals surface area contributed by atoms with Crippen LogP contribution >= 0.6 is 11.3 Å². The normalized spacial score (nSPS) is 16.2. The number of aryl methyl sites for hydroxylation is 2. The molecule has 3 heterocycles. The molecular formula is C27H21N3O3S.